The summed E-state index contributed by atoms with van der Waals surface area (Å²) >= 11 is 0. The Morgan fingerprint density at radius 1 is 0.979 bits per heavy atom. The van der Waals surface area contributed by atoms with E-state index in [2.05, 4.69) is 22.4 Å². The first-order valence-electron chi connectivity index (χ1n) is 15.3. The number of hydrogen-bond donors (Lipinski definition) is 1. The molecule has 47 heavy (non-hydrogen) atoms. The molecule has 5 rings (SSSR count). The SMILES string of the molecule is CC/N=c1/cc2oc3cc(NCC)c(C)cc3c(-c3ccccc3C(=O)N(C)CCOC(=O)Oc3ccc([N+](=O)[O-])cc3)c-2cc1C. The summed E-state index contributed by atoms with van der Waals surface area (Å²) in [5, 5.41) is 16.0. The standard InChI is InChI=1S/C36H36N4O7/c1-6-37-30-20-32-28(18-22(30)3)34(29-19-23(4)31(38-7-2)21-33(29)47-32)26-10-8-9-11-27(26)35(41)39(5)16-17-45-36(42)46-25-14-12-24(13-15-25)40(43)44/h8-15,18-21,37H,6-7,16-17H2,1-5H3/b38-31-. The lowest BCUT2D eigenvalue weighted by Gasteiger charge is -2.22. The van der Waals surface area contributed by atoms with Gasteiger partial charge < -0.3 is 24.1 Å². The number of nitro groups is 1. The van der Waals surface area contributed by atoms with Crippen molar-refractivity contribution in [1.82, 2.24) is 4.90 Å². The molecule has 11 heteroatoms. The number of likely N-dealkylation sites (N-methyl/N-ethyl adjacent to an activating group) is 1. The summed E-state index contributed by atoms with van der Waals surface area (Å²) in [7, 11) is 1.64. The molecule has 0 fully saturated rings. The predicted molar refractivity (Wildman–Crippen MR) is 180 cm³/mol. The number of nitro benzene ring substituents is 1. The van der Waals surface area contributed by atoms with Crippen LogP contribution in [0.25, 0.3) is 33.4 Å². The molecule has 0 saturated heterocycles. The van der Waals surface area contributed by atoms with Crippen LogP contribution in [0.5, 0.6) is 5.75 Å². The summed E-state index contributed by atoms with van der Waals surface area (Å²) in [5.41, 5.74) is 6.51. The highest BCUT2D eigenvalue weighted by molar-refractivity contribution is 6.09. The van der Waals surface area contributed by atoms with Crippen LogP contribution in [0.15, 0.2) is 82.2 Å². The van der Waals surface area contributed by atoms with Gasteiger partial charge >= 0.3 is 6.16 Å². The number of anilines is 1. The minimum absolute atomic E-state index is 0.0975. The van der Waals surface area contributed by atoms with E-state index in [-0.39, 0.29) is 30.5 Å². The maximum atomic E-state index is 13.9. The number of fused-ring (bicyclic) bond motifs is 2. The lowest BCUT2D eigenvalue weighted by molar-refractivity contribution is -0.384. The van der Waals surface area contributed by atoms with Crippen molar-refractivity contribution in [2.24, 2.45) is 4.99 Å². The third-order valence-electron chi connectivity index (χ3n) is 7.75. The minimum Gasteiger partial charge on any atom is -0.456 e. The maximum Gasteiger partial charge on any atom is 0.513 e. The van der Waals surface area contributed by atoms with Crippen molar-refractivity contribution in [1.29, 1.82) is 0 Å². The van der Waals surface area contributed by atoms with Gasteiger partial charge in [0.15, 0.2) is 0 Å². The van der Waals surface area contributed by atoms with E-state index in [1.807, 2.05) is 58.0 Å². The molecule has 3 aromatic rings. The minimum atomic E-state index is -0.983. The molecule has 0 spiro atoms. The van der Waals surface area contributed by atoms with Crippen LogP contribution in [0, 0.1) is 24.0 Å². The highest BCUT2D eigenvalue weighted by Crippen LogP contribution is 2.43. The van der Waals surface area contributed by atoms with E-state index < -0.39 is 11.1 Å². The lowest BCUT2D eigenvalue weighted by atomic mass is 9.89. The largest absolute Gasteiger partial charge is 0.513 e. The van der Waals surface area contributed by atoms with Crippen LogP contribution < -0.4 is 15.4 Å². The van der Waals surface area contributed by atoms with Gasteiger partial charge in [-0.2, -0.15) is 0 Å². The van der Waals surface area contributed by atoms with Gasteiger partial charge in [-0.05, 0) is 74.7 Å². The van der Waals surface area contributed by atoms with Gasteiger partial charge in [0.05, 0.1) is 16.8 Å². The fourth-order valence-corrected chi connectivity index (χ4v) is 5.42. The number of non-ortho nitro benzene ring substituents is 1. The van der Waals surface area contributed by atoms with Crippen molar-refractivity contribution in [2.45, 2.75) is 27.7 Å². The van der Waals surface area contributed by atoms with Crippen molar-refractivity contribution < 1.29 is 28.4 Å². The average Bonchev–Trinajstić information content (AvgIpc) is 3.05. The molecule has 1 N–H and O–H groups in total. The van der Waals surface area contributed by atoms with E-state index in [0.717, 1.165) is 50.8 Å². The number of amides is 1. The van der Waals surface area contributed by atoms with Crippen LogP contribution in [0.1, 0.15) is 35.3 Å². The Balaban J connectivity index is 1.46. The zero-order chi connectivity index (χ0) is 33.7. The highest BCUT2D eigenvalue weighted by Gasteiger charge is 2.24. The van der Waals surface area contributed by atoms with Gasteiger partial charge in [-0.1, -0.05) is 18.2 Å². The first-order valence-corrected chi connectivity index (χ1v) is 15.3. The summed E-state index contributed by atoms with van der Waals surface area (Å²) in [4.78, 5) is 42.6. The van der Waals surface area contributed by atoms with Gasteiger partial charge in [-0.15, -0.1) is 0 Å². The number of nitrogens with one attached hydrogen (secondary N) is 1. The Kier molecular flexibility index (Phi) is 9.84. The molecule has 1 aliphatic heterocycles. The van der Waals surface area contributed by atoms with Crippen molar-refractivity contribution in [3.8, 4) is 28.2 Å². The van der Waals surface area contributed by atoms with E-state index in [4.69, 9.17) is 13.9 Å². The molecule has 0 atom stereocenters. The normalized spacial score (nSPS) is 11.5. The number of carbonyl (C=O) groups excluding carboxylic acids is 2. The Morgan fingerprint density at radius 3 is 2.43 bits per heavy atom. The second-order valence-electron chi connectivity index (χ2n) is 11.0. The zero-order valence-electron chi connectivity index (χ0n) is 27.0. The van der Waals surface area contributed by atoms with Crippen molar-refractivity contribution in [3.05, 3.63) is 105 Å². The molecular weight excluding hydrogens is 600 g/mol. The Bertz CT molecular complexity index is 2000. The quantitative estimate of drug-likeness (QED) is 0.0552. The van der Waals surface area contributed by atoms with E-state index in [1.165, 1.54) is 29.2 Å². The van der Waals surface area contributed by atoms with Crippen molar-refractivity contribution in [3.63, 3.8) is 0 Å². The van der Waals surface area contributed by atoms with Crippen LogP contribution in [0.4, 0.5) is 16.2 Å². The number of carbonyl (C=O) groups is 2. The predicted octanol–water partition coefficient (Wildman–Crippen LogP) is 7.37. The van der Waals surface area contributed by atoms with Crippen LogP contribution in [0.2, 0.25) is 0 Å². The number of aryl methyl sites for hydroxylation is 2. The number of rotatable bonds is 10. The van der Waals surface area contributed by atoms with Gasteiger partial charge in [-0.25, -0.2) is 4.79 Å². The molecule has 0 radical (unpaired) electrons. The zero-order valence-corrected chi connectivity index (χ0v) is 27.0. The van der Waals surface area contributed by atoms with E-state index in [0.29, 0.717) is 23.5 Å². The third kappa shape index (κ3) is 7.09. The first kappa shape index (κ1) is 32.7. The maximum absolute atomic E-state index is 13.9. The Morgan fingerprint density at radius 2 is 1.72 bits per heavy atom. The number of benzene rings is 4. The summed E-state index contributed by atoms with van der Waals surface area (Å²) in [6.45, 7) is 9.45. The average molecular weight is 637 g/mol. The van der Waals surface area contributed by atoms with Crippen molar-refractivity contribution in [2.75, 3.05) is 38.6 Å². The van der Waals surface area contributed by atoms with Gasteiger partial charge in [0, 0.05) is 72.2 Å². The van der Waals surface area contributed by atoms with E-state index >= 15 is 0 Å². The van der Waals surface area contributed by atoms with Crippen LogP contribution in [-0.2, 0) is 4.74 Å². The molecule has 3 aromatic carbocycles. The molecule has 0 aromatic heterocycles. The van der Waals surface area contributed by atoms with Crippen LogP contribution in [0.3, 0.4) is 0 Å². The molecule has 0 saturated carbocycles. The molecular formula is C36H36N4O7. The third-order valence-corrected chi connectivity index (χ3v) is 7.75. The number of hydrogen-bond acceptors (Lipinski definition) is 9. The lowest BCUT2D eigenvalue weighted by Crippen LogP contribution is -2.31. The summed E-state index contributed by atoms with van der Waals surface area (Å²) < 4.78 is 16.8. The molecule has 242 valence electrons. The Hall–Kier alpha value is -5.71. The monoisotopic (exact) mass is 636 g/mol. The molecule has 1 aliphatic carbocycles. The molecule has 1 heterocycles. The summed E-state index contributed by atoms with van der Waals surface area (Å²) in [6.07, 6.45) is -0.983. The highest BCUT2D eigenvalue weighted by atomic mass is 16.7. The smallest absolute Gasteiger partial charge is 0.456 e. The van der Waals surface area contributed by atoms with E-state index in [9.17, 15) is 19.7 Å². The van der Waals surface area contributed by atoms with Crippen LogP contribution in [-0.4, -0.2) is 55.2 Å². The molecule has 0 unspecified atom stereocenters. The molecule has 0 bridgehead atoms. The molecule has 11 nitrogen and oxygen atoms in total. The number of nitrogens with zero attached hydrogens (tertiary/aromatic N) is 3. The Labute approximate surface area is 271 Å². The second-order valence-corrected chi connectivity index (χ2v) is 11.0. The number of ether oxygens (including phenoxy) is 2. The van der Waals surface area contributed by atoms with Crippen LogP contribution >= 0.6 is 0 Å². The first-order chi connectivity index (χ1) is 22.6. The van der Waals surface area contributed by atoms with Crippen molar-refractivity contribution >= 4 is 34.4 Å². The molecule has 2 aliphatic rings. The van der Waals surface area contributed by atoms with Gasteiger partial charge in [0.1, 0.15) is 23.7 Å². The fraction of sp³-hybridized carbons (Fsp3) is 0.250. The van der Waals surface area contributed by atoms with Gasteiger partial charge in [-0.3, -0.25) is 19.9 Å². The van der Waals surface area contributed by atoms with E-state index in [1.54, 1.807) is 13.1 Å². The summed E-state index contributed by atoms with van der Waals surface area (Å²) in [6, 6.07) is 20.6. The second kappa shape index (κ2) is 14.2. The topological polar surface area (TPSA) is 137 Å². The van der Waals surface area contributed by atoms with Gasteiger partial charge in [0.2, 0.25) is 0 Å². The van der Waals surface area contributed by atoms with Gasteiger partial charge in [0.25, 0.3) is 11.6 Å². The fourth-order valence-electron chi connectivity index (χ4n) is 5.42. The summed E-state index contributed by atoms with van der Waals surface area (Å²) in [5.74, 6) is 0.504. The molecule has 1 amide bonds.